The summed E-state index contributed by atoms with van der Waals surface area (Å²) in [4.78, 5) is 12.3. The van der Waals surface area contributed by atoms with Gasteiger partial charge in [0.05, 0.1) is 12.0 Å². The standard InChI is InChI=1S/C26H33NO/c1-17-12-25(28)15-26(5,20(17)4)24-11-7-10-23(14-24)19(3)22-9-6-8-21(13-22)18(2)16-27/h6,8-9,13,18,20,23-24H,1,3,7,10-12,14-15H2,2,4-5H3/t18?,20?,23?,24?,26-/m1/s1. The minimum atomic E-state index is -0.106. The maximum absolute atomic E-state index is 12.3. The second kappa shape index (κ2) is 8.08. The lowest BCUT2D eigenvalue weighted by molar-refractivity contribution is -0.125. The molecule has 2 saturated carbocycles. The zero-order valence-corrected chi connectivity index (χ0v) is 17.6. The van der Waals surface area contributed by atoms with Crippen LogP contribution in [0.4, 0.5) is 0 Å². The first kappa shape index (κ1) is 20.6. The third-order valence-corrected chi connectivity index (χ3v) is 7.65. The van der Waals surface area contributed by atoms with E-state index in [1.165, 1.54) is 18.4 Å². The van der Waals surface area contributed by atoms with Gasteiger partial charge >= 0.3 is 0 Å². The van der Waals surface area contributed by atoms with Crippen molar-refractivity contribution in [2.75, 3.05) is 0 Å². The largest absolute Gasteiger partial charge is 0.299 e. The van der Waals surface area contributed by atoms with Crippen LogP contribution in [0.25, 0.3) is 5.57 Å². The number of hydrogen-bond donors (Lipinski definition) is 0. The van der Waals surface area contributed by atoms with Gasteiger partial charge in [0.25, 0.3) is 0 Å². The van der Waals surface area contributed by atoms with E-state index >= 15 is 0 Å². The van der Waals surface area contributed by atoms with E-state index in [9.17, 15) is 10.1 Å². The van der Waals surface area contributed by atoms with E-state index in [-0.39, 0.29) is 11.3 Å². The van der Waals surface area contributed by atoms with Crippen LogP contribution in [0.2, 0.25) is 0 Å². The molecule has 2 nitrogen and oxygen atoms in total. The second-order valence-electron chi connectivity index (χ2n) is 9.34. The van der Waals surface area contributed by atoms with Gasteiger partial charge in [-0.3, -0.25) is 4.79 Å². The monoisotopic (exact) mass is 375 g/mol. The van der Waals surface area contributed by atoms with E-state index in [4.69, 9.17) is 0 Å². The van der Waals surface area contributed by atoms with Crippen molar-refractivity contribution < 1.29 is 4.79 Å². The summed E-state index contributed by atoms with van der Waals surface area (Å²) < 4.78 is 0. The van der Waals surface area contributed by atoms with E-state index in [0.29, 0.717) is 36.4 Å². The molecule has 2 fully saturated rings. The van der Waals surface area contributed by atoms with E-state index < -0.39 is 0 Å². The molecular formula is C26H33NO. The molecule has 2 heteroatoms. The molecule has 2 aliphatic rings. The number of ketones is 1. The van der Waals surface area contributed by atoms with Gasteiger partial charge < -0.3 is 0 Å². The Morgan fingerprint density at radius 3 is 2.82 bits per heavy atom. The summed E-state index contributed by atoms with van der Waals surface area (Å²) in [6, 6.07) is 10.6. The first-order valence-corrected chi connectivity index (χ1v) is 10.6. The maximum Gasteiger partial charge on any atom is 0.137 e. The molecule has 0 aromatic heterocycles. The molecule has 2 aliphatic carbocycles. The van der Waals surface area contributed by atoms with Crippen molar-refractivity contribution in [1.29, 1.82) is 5.26 Å². The smallest absolute Gasteiger partial charge is 0.137 e. The fraction of sp³-hybridized carbons (Fsp3) is 0.538. The summed E-state index contributed by atoms with van der Waals surface area (Å²) in [6.07, 6.45) is 5.88. The summed E-state index contributed by atoms with van der Waals surface area (Å²) in [5.74, 6) is 1.61. The number of allylic oxidation sites excluding steroid dienone is 2. The van der Waals surface area contributed by atoms with E-state index in [1.807, 2.05) is 19.1 Å². The van der Waals surface area contributed by atoms with Crippen molar-refractivity contribution in [2.24, 2.45) is 23.2 Å². The molecular weight excluding hydrogens is 342 g/mol. The normalized spacial score (nSPS) is 31.9. The lowest BCUT2D eigenvalue weighted by Crippen LogP contribution is -2.42. The van der Waals surface area contributed by atoms with Crippen molar-refractivity contribution in [3.05, 3.63) is 54.1 Å². The molecule has 0 heterocycles. The van der Waals surface area contributed by atoms with Crippen LogP contribution < -0.4 is 0 Å². The average Bonchev–Trinajstić information content (AvgIpc) is 2.71. The maximum atomic E-state index is 12.3. The van der Waals surface area contributed by atoms with Gasteiger partial charge in [0.1, 0.15) is 5.78 Å². The van der Waals surface area contributed by atoms with E-state index in [0.717, 1.165) is 29.5 Å². The van der Waals surface area contributed by atoms with Gasteiger partial charge in [-0.25, -0.2) is 0 Å². The third-order valence-electron chi connectivity index (χ3n) is 7.65. The Balaban J connectivity index is 1.80. The van der Waals surface area contributed by atoms with Gasteiger partial charge in [-0.2, -0.15) is 5.26 Å². The van der Waals surface area contributed by atoms with Gasteiger partial charge in [0.2, 0.25) is 0 Å². The Kier molecular flexibility index (Phi) is 5.94. The number of Topliss-reactive ketones (excluding diaryl/α,β-unsaturated/α-hetero) is 1. The molecule has 5 atom stereocenters. The predicted octanol–water partition coefficient (Wildman–Crippen LogP) is 6.69. The highest BCUT2D eigenvalue weighted by Gasteiger charge is 2.46. The minimum absolute atomic E-state index is 0.0164. The summed E-state index contributed by atoms with van der Waals surface area (Å²) in [5, 5.41) is 9.23. The van der Waals surface area contributed by atoms with Gasteiger partial charge in [0, 0.05) is 12.8 Å². The molecule has 0 saturated heterocycles. The molecule has 0 bridgehead atoms. The van der Waals surface area contributed by atoms with Crippen molar-refractivity contribution in [1.82, 2.24) is 0 Å². The molecule has 1 aromatic rings. The van der Waals surface area contributed by atoms with Crippen molar-refractivity contribution in [3.63, 3.8) is 0 Å². The molecule has 0 N–H and O–H groups in total. The van der Waals surface area contributed by atoms with Crippen LogP contribution in [0.3, 0.4) is 0 Å². The predicted molar refractivity (Wildman–Crippen MR) is 116 cm³/mol. The summed E-state index contributed by atoms with van der Waals surface area (Å²) in [6.45, 7) is 15.2. The molecule has 0 spiro atoms. The summed E-state index contributed by atoms with van der Waals surface area (Å²) in [7, 11) is 0. The van der Waals surface area contributed by atoms with Crippen molar-refractivity contribution >= 4 is 11.4 Å². The molecule has 4 unspecified atom stereocenters. The Hall–Kier alpha value is -2.14. The zero-order valence-electron chi connectivity index (χ0n) is 17.6. The molecule has 3 rings (SSSR count). The number of benzene rings is 1. The van der Waals surface area contributed by atoms with Crippen LogP contribution in [0.15, 0.2) is 43.0 Å². The van der Waals surface area contributed by atoms with Crippen LogP contribution >= 0.6 is 0 Å². The fourth-order valence-electron chi connectivity index (χ4n) is 5.43. The molecule has 0 aliphatic heterocycles. The molecule has 0 radical (unpaired) electrons. The highest BCUT2D eigenvalue weighted by atomic mass is 16.1. The molecule has 1 aromatic carbocycles. The van der Waals surface area contributed by atoms with Crippen molar-refractivity contribution in [2.45, 2.75) is 65.2 Å². The molecule has 148 valence electrons. The summed E-state index contributed by atoms with van der Waals surface area (Å²) in [5.41, 5.74) is 4.53. The summed E-state index contributed by atoms with van der Waals surface area (Å²) >= 11 is 0. The Morgan fingerprint density at radius 2 is 2.11 bits per heavy atom. The van der Waals surface area contributed by atoms with Crippen LogP contribution in [-0.2, 0) is 4.79 Å². The lowest BCUT2D eigenvalue weighted by Gasteiger charge is -2.49. The van der Waals surface area contributed by atoms with Gasteiger partial charge in [-0.15, -0.1) is 0 Å². The highest BCUT2D eigenvalue weighted by Crippen LogP contribution is 2.53. The van der Waals surface area contributed by atoms with E-state index in [2.05, 4.69) is 45.2 Å². The first-order valence-electron chi connectivity index (χ1n) is 10.6. The first-order chi connectivity index (χ1) is 13.3. The van der Waals surface area contributed by atoms with Gasteiger partial charge in [-0.1, -0.05) is 63.3 Å². The quantitative estimate of drug-likeness (QED) is 0.550. The Morgan fingerprint density at radius 1 is 1.36 bits per heavy atom. The Labute approximate surface area is 170 Å². The number of hydrogen-bond acceptors (Lipinski definition) is 2. The third kappa shape index (κ3) is 3.86. The number of rotatable bonds is 4. The van der Waals surface area contributed by atoms with Crippen LogP contribution in [0, 0.1) is 34.5 Å². The highest BCUT2D eigenvalue weighted by molar-refractivity contribution is 5.83. The minimum Gasteiger partial charge on any atom is -0.299 e. The number of carbonyl (C=O) groups excluding carboxylic acids is 1. The van der Waals surface area contributed by atoms with Crippen molar-refractivity contribution in [3.8, 4) is 6.07 Å². The van der Waals surface area contributed by atoms with Crippen LogP contribution in [-0.4, -0.2) is 5.78 Å². The second-order valence-corrected chi connectivity index (χ2v) is 9.34. The van der Waals surface area contributed by atoms with Crippen LogP contribution in [0.1, 0.15) is 76.3 Å². The SMILES string of the molecule is C=C(c1cccc(C(C)C#N)c1)C1CCCC([C@]2(C)CC(=O)CC(=C)C2C)C1. The average molecular weight is 376 g/mol. The molecule has 0 amide bonds. The van der Waals surface area contributed by atoms with Crippen LogP contribution in [0.5, 0.6) is 0 Å². The number of nitriles is 1. The number of carbonyl (C=O) groups is 1. The topological polar surface area (TPSA) is 40.9 Å². The van der Waals surface area contributed by atoms with E-state index in [1.54, 1.807) is 0 Å². The van der Waals surface area contributed by atoms with Gasteiger partial charge in [-0.05, 0) is 66.1 Å². The fourth-order valence-corrected chi connectivity index (χ4v) is 5.43. The lowest BCUT2D eigenvalue weighted by atomic mass is 9.55. The zero-order chi connectivity index (χ0) is 20.5. The Bertz CT molecular complexity index is 829. The molecule has 28 heavy (non-hydrogen) atoms. The van der Waals surface area contributed by atoms with Gasteiger partial charge in [0.15, 0.2) is 0 Å². The number of nitrogens with zero attached hydrogens (tertiary/aromatic N) is 1.